The van der Waals surface area contributed by atoms with E-state index in [1.807, 2.05) is 13.0 Å². The standard InChI is InChI=1S/C12H19N3O/c1-8-5-10(13)12(14-6-8)15-7-9-3-2-4-11(9)16/h5-6,9,11,16H,2-4,7,13H2,1H3,(H,14,15). The first-order valence-corrected chi connectivity index (χ1v) is 5.81. The van der Waals surface area contributed by atoms with E-state index in [-0.39, 0.29) is 6.10 Å². The summed E-state index contributed by atoms with van der Waals surface area (Å²) in [5, 5.41) is 12.9. The molecule has 1 aliphatic rings. The number of hydrogen-bond acceptors (Lipinski definition) is 4. The Morgan fingerprint density at radius 1 is 1.56 bits per heavy atom. The molecule has 16 heavy (non-hydrogen) atoms. The highest BCUT2D eigenvalue weighted by atomic mass is 16.3. The van der Waals surface area contributed by atoms with E-state index in [0.29, 0.717) is 11.6 Å². The Morgan fingerprint density at radius 2 is 2.38 bits per heavy atom. The molecule has 1 saturated carbocycles. The number of rotatable bonds is 3. The van der Waals surface area contributed by atoms with Crippen LogP contribution in [0.2, 0.25) is 0 Å². The Hall–Kier alpha value is -1.29. The molecular formula is C12H19N3O. The Labute approximate surface area is 95.9 Å². The summed E-state index contributed by atoms with van der Waals surface area (Å²) in [6, 6.07) is 1.90. The largest absolute Gasteiger partial charge is 0.396 e. The average Bonchev–Trinajstić information content (AvgIpc) is 2.63. The predicted octanol–water partition coefficient (Wildman–Crippen LogP) is 1.55. The molecule has 1 aromatic rings. The maximum atomic E-state index is 9.69. The second-order valence-electron chi connectivity index (χ2n) is 4.59. The average molecular weight is 221 g/mol. The lowest BCUT2D eigenvalue weighted by Crippen LogP contribution is -2.22. The predicted molar refractivity (Wildman–Crippen MR) is 65.2 cm³/mol. The van der Waals surface area contributed by atoms with Gasteiger partial charge in [-0.25, -0.2) is 4.98 Å². The van der Waals surface area contributed by atoms with Gasteiger partial charge in [0.2, 0.25) is 0 Å². The van der Waals surface area contributed by atoms with Crippen LogP contribution in [0.1, 0.15) is 24.8 Å². The maximum absolute atomic E-state index is 9.69. The minimum Gasteiger partial charge on any atom is -0.396 e. The first-order valence-electron chi connectivity index (χ1n) is 5.81. The number of hydrogen-bond donors (Lipinski definition) is 3. The van der Waals surface area contributed by atoms with Gasteiger partial charge in [0, 0.05) is 18.7 Å². The van der Waals surface area contributed by atoms with Gasteiger partial charge in [-0.05, 0) is 31.4 Å². The third-order valence-corrected chi connectivity index (χ3v) is 3.20. The molecule has 4 heteroatoms. The van der Waals surface area contributed by atoms with Crippen molar-refractivity contribution in [3.05, 3.63) is 17.8 Å². The molecule has 1 aliphatic carbocycles. The molecule has 0 radical (unpaired) electrons. The SMILES string of the molecule is Cc1cnc(NCC2CCCC2O)c(N)c1. The molecule has 0 aromatic carbocycles. The van der Waals surface area contributed by atoms with Gasteiger partial charge in [-0.2, -0.15) is 0 Å². The molecule has 0 bridgehead atoms. The van der Waals surface area contributed by atoms with Gasteiger partial charge < -0.3 is 16.2 Å². The molecule has 1 aromatic heterocycles. The van der Waals surface area contributed by atoms with Gasteiger partial charge in [0.1, 0.15) is 5.82 Å². The molecule has 1 heterocycles. The number of nitrogens with two attached hydrogens (primary N) is 1. The smallest absolute Gasteiger partial charge is 0.149 e. The second-order valence-corrected chi connectivity index (χ2v) is 4.59. The van der Waals surface area contributed by atoms with E-state index in [2.05, 4.69) is 10.3 Å². The van der Waals surface area contributed by atoms with Crippen LogP contribution in [0.3, 0.4) is 0 Å². The minimum atomic E-state index is -0.167. The summed E-state index contributed by atoms with van der Waals surface area (Å²) >= 11 is 0. The van der Waals surface area contributed by atoms with E-state index in [1.54, 1.807) is 6.20 Å². The van der Waals surface area contributed by atoms with Crippen LogP contribution in [0.25, 0.3) is 0 Å². The van der Waals surface area contributed by atoms with Gasteiger partial charge in [-0.3, -0.25) is 0 Å². The molecule has 2 unspecified atom stereocenters. The number of nitrogen functional groups attached to an aromatic ring is 1. The number of nitrogens with zero attached hydrogens (tertiary/aromatic N) is 1. The van der Waals surface area contributed by atoms with Crippen LogP contribution in [0.5, 0.6) is 0 Å². The van der Waals surface area contributed by atoms with Crippen LogP contribution in [-0.2, 0) is 0 Å². The van der Waals surface area contributed by atoms with Gasteiger partial charge in [-0.15, -0.1) is 0 Å². The lowest BCUT2D eigenvalue weighted by atomic mass is 10.1. The number of nitrogens with one attached hydrogen (secondary N) is 1. The van der Waals surface area contributed by atoms with Crippen LogP contribution in [0.4, 0.5) is 11.5 Å². The quantitative estimate of drug-likeness (QED) is 0.724. The molecule has 88 valence electrons. The summed E-state index contributed by atoms with van der Waals surface area (Å²) in [5.41, 5.74) is 7.59. The summed E-state index contributed by atoms with van der Waals surface area (Å²) in [4.78, 5) is 4.25. The van der Waals surface area contributed by atoms with E-state index >= 15 is 0 Å². The van der Waals surface area contributed by atoms with Crippen LogP contribution in [-0.4, -0.2) is 22.7 Å². The van der Waals surface area contributed by atoms with Crippen molar-refractivity contribution in [1.82, 2.24) is 4.98 Å². The van der Waals surface area contributed by atoms with Gasteiger partial charge in [0.05, 0.1) is 11.8 Å². The van der Waals surface area contributed by atoms with Crippen molar-refractivity contribution < 1.29 is 5.11 Å². The van der Waals surface area contributed by atoms with Crippen LogP contribution >= 0.6 is 0 Å². The Morgan fingerprint density at radius 3 is 3.00 bits per heavy atom. The minimum absolute atomic E-state index is 0.167. The molecular weight excluding hydrogens is 202 g/mol. The number of anilines is 2. The zero-order valence-corrected chi connectivity index (χ0v) is 9.61. The van der Waals surface area contributed by atoms with Crippen molar-refractivity contribution in [2.75, 3.05) is 17.6 Å². The molecule has 0 spiro atoms. The number of aliphatic hydroxyl groups excluding tert-OH is 1. The third-order valence-electron chi connectivity index (χ3n) is 3.20. The molecule has 4 N–H and O–H groups in total. The number of aromatic nitrogens is 1. The first-order chi connectivity index (χ1) is 7.66. The Kier molecular flexibility index (Phi) is 3.29. The summed E-state index contributed by atoms with van der Waals surface area (Å²) in [6.07, 6.45) is 4.75. The molecule has 0 saturated heterocycles. The zero-order chi connectivity index (χ0) is 11.5. The van der Waals surface area contributed by atoms with Gasteiger partial charge in [-0.1, -0.05) is 6.42 Å². The summed E-state index contributed by atoms with van der Waals surface area (Å²) in [7, 11) is 0. The zero-order valence-electron chi connectivity index (χ0n) is 9.61. The van der Waals surface area contributed by atoms with Crippen molar-refractivity contribution in [3.63, 3.8) is 0 Å². The monoisotopic (exact) mass is 221 g/mol. The fraction of sp³-hybridized carbons (Fsp3) is 0.583. The summed E-state index contributed by atoms with van der Waals surface area (Å²) in [6.45, 7) is 2.72. The molecule has 2 atom stereocenters. The molecule has 0 amide bonds. The normalized spacial score (nSPS) is 24.6. The van der Waals surface area contributed by atoms with E-state index in [1.165, 1.54) is 0 Å². The van der Waals surface area contributed by atoms with E-state index in [4.69, 9.17) is 5.73 Å². The molecule has 1 fully saturated rings. The highest BCUT2D eigenvalue weighted by Crippen LogP contribution is 2.26. The van der Waals surface area contributed by atoms with E-state index in [0.717, 1.165) is 37.2 Å². The highest BCUT2D eigenvalue weighted by Gasteiger charge is 2.24. The lowest BCUT2D eigenvalue weighted by molar-refractivity contribution is 0.138. The first kappa shape index (κ1) is 11.2. The fourth-order valence-corrected chi connectivity index (χ4v) is 2.22. The number of aliphatic hydroxyl groups is 1. The second kappa shape index (κ2) is 4.70. The van der Waals surface area contributed by atoms with Gasteiger partial charge in [0.15, 0.2) is 0 Å². The fourth-order valence-electron chi connectivity index (χ4n) is 2.22. The maximum Gasteiger partial charge on any atom is 0.149 e. The summed E-state index contributed by atoms with van der Waals surface area (Å²) in [5.74, 6) is 1.06. The number of aryl methyl sites for hydroxylation is 1. The Balaban J connectivity index is 1.94. The summed E-state index contributed by atoms with van der Waals surface area (Å²) < 4.78 is 0. The van der Waals surface area contributed by atoms with Crippen molar-refractivity contribution in [1.29, 1.82) is 0 Å². The van der Waals surface area contributed by atoms with Crippen LogP contribution in [0, 0.1) is 12.8 Å². The topological polar surface area (TPSA) is 71.2 Å². The van der Waals surface area contributed by atoms with E-state index < -0.39 is 0 Å². The van der Waals surface area contributed by atoms with Crippen molar-refractivity contribution in [2.24, 2.45) is 5.92 Å². The molecule has 2 rings (SSSR count). The van der Waals surface area contributed by atoms with Crippen LogP contribution < -0.4 is 11.1 Å². The van der Waals surface area contributed by atoms with Crippen molar-refractivity contribution >= 4 is 11.5 Å². The van der Waals surface area contributed by atoms with Crippen LogP contribution in [0.15, 0.2) is 12.3 Å². The number of pyridine rings is 1. The van der Waals surface area contributed by atoms with Gasteiger partial charge >= 0.3 is 0 Å². The highest BCUT2D eigenvalue weighted by molar-refractivity contribution is 5.61. The van der Waals surface area contributed by atoms with Crippen molar-refractivity contribution in [3.8, 4) is 0 Å². The molecule has 0 aliphatic heterocycles. The lowest BCUT2D eigenvalue weighted by Gasteiger charge is -2.16. The van der Waals surface area contributed by atoms with Gasteiger partial charge in [0.25, 0.3) is 0 Å². The van der Waals surface area contributed by atoms with Crippen molar-refractivity contribution in [2.45, 2.75) is 32.3 Å². The Bertz CT molecular complexity index is 367. The van der Waals surface area contributed by atoms with E-state index in [9.17, 15) is 5.11 Å². The molecule has 4 nitrogen and oxygen atoms in total. The third kappa shape index (κ3) is 2.44.